The Morgan fingerprint density at radius 2 is 2.30 bits per heavy atom. The summed E-state index contributed by atoms with van der Waals surface area (Å²) in [4.78, 5) is 12.0. The van der Waals surface area contributed by atoms with Gasteiger partial charge < -0.3 is 20.2 Å². The maximum absolute atomic E-state index is 14.0. The lowest BCUT2D eigenvalue weighted by atomic mass is 10.2. The number of nitrogens with zero attached hydrogens (tertiary/aromatic N) is 4. The predicted octanol–water partition coefficient (Wildman–Crippen LogP) is 0.549. The molecule has 0 saturated carbocycles. The van der Waals surface area contributed by atoms with Gasteiger partial charge in [-0.2, -0.15) is 4.98 Å². The Labute approximate surface area is 118 Å². The van der Waals surface area contributed by atoms with Gasteiger partial charge in [0.25, 0.3) is 0 Å². The molecule has 1 aromatic rings. The van der Waals surface area contributed by atoms with E-state index in [9.17, 15) is 9.50 Å². The molecule has 20 heavy (non-hydrogen) atoms. The number of likely N-dealkylation sites (N-methyl/N-ethyl adjacent to an activating group) is 1. The van der Waals surface area contributed by atoms with Crippen LogP contribution in [-0.4, -0.2) is 65.8 Å². The molecule has 1 aliphatic rings. The number of aromatic nitrogens is 2. The smallest absolute Gasteiger partial charge is 0.224 e. The number of rotatable bonds is 5. The van der Waals surface area contributed by atoms with Crippen molar-refractivity contribution < 1.29 is 9.50 Å². The average Bonchev–Trinajstić information content (AvgIpc) is 2.72. The standard InChI is InChI=1S/C13H22FN5O/c1-4-15-13-16-6-11(14)12(17-13)19-8-10(20)5-9(19)7-18(2)3/h6,9-10,20H,4-5,7-8H2,1-3H3,(H,15,16,17). The number of nitrogens with one attached hydrogen (secondary N) is 1. The van der Waals surface area contributed by atoms with Crippen molar-refractivity contribution in [2.45, 2.75) is 25.5 Å². The molecule has 112 valence electrons. The molecule has 1 aliphatic heterocycles. The van der Waals surface area contributed by atoms with Crippen LogP contribution in [0.15, 0.2) is 6.20 Å². The van der Waals surface area contributed by atoms with Crippen molar-refractivity contribution >= 4 is 11.8 Å². The van der Waals surface area contributed by atoms with E-state index in [-0.39, 0.29) is 11.9 Å². The van der Waals surface area contributed by atoms with Crippen LogP contribution in [0.1, 0.15) is 13.3 Å². The molecular weight excluding hydrogens is 261 g/mol. The second-order valence-corrected chi connectivity index (χ2v) is 5.35. The minimum atomic E-state index is -0.454. The molecule has 2 heterocycles. The number of aliphatic hydroxyl groups excluding tert-OH is 1. The normalized spacial score (nSPS) is 22.6. The summed E-state index contributed by atoms with van der Waals surface area (Å²) in [6.07, 6.45) is 1.35. The van der Waals surface area contributed by atoms with Crippen molar-refractivity contribution in [3.05, 3.63) is 12.0 Å². The fourth-order valence-corrected chi connectivity index (χ4v) is 2.55. The third kappa shape index (κ3) is 3.34. The summed E-state index contributed by atoms with van der Waals surface area (Å²) in [6, 6.07) is 0.0545. The predicted molar refractivity (Wildman–Crippen MR) is 76.5 cm³/mol. The van der Waals surface area contributed by atoms with E-state index in [0.29, 0.717) is 25.5 Å². The highest BCUT2D eigenvalue weighted by Gasteiger charge is 2.33. The van der Waals surface area contributed by atoms with E-state index in [2.05, 4.69) is 15.3 Å². The Kier molecular flexibility index (Phi) is 4.72. The molecule has 1 fully saturated rings. The molecule has 2 N–H and O–H groups in total. The zero-order valence-electron chi connectivity index (χ0n) is 12.2. The van der Waals surface area contributed by atoms with Gasteiger partial charge in [-0.25, -0.2) is 9.37 Å². The van der Waals surface area contributed by atoms with Gasteiger partial charge in [0.1, 0.15) is 0 Å². The Hall–Kier alpha value is -1.47. The van der Waals surface area contributed by atoms with Crippen LogP contribution in [-0.2, 0) is 0 Å². The molecule has 6 nitrogen and oxygen atoms in total. The highest BCUT2D eigenvalue weighted by molar-refractivity contribution is 5.46. The van der Waals surface area contributed by atoms with Crippen LogP contribution < -0.4 is 10.2 Å². The minimum Gasteiger partial charge on any atom is -0.391 e. The highest BCUT2D eigenvalue weighted by Crippen LogP contribution is 2.27. The number of hydrogen-bond acceptors (Lipinski definition) is 6. The molecule has 0 bridgehead atoms. The molecule has 2 unspecified atom stereocenters. The fraction of sp³-hybridized carbons (Fsp3) is 0.692. The molecule has 0 aromatic carbocycles. The lowest BCUT2D eigenvalue weighted by Gasteiger charge is -2.28. The van der Waals surface area contributed by atoms with E-state index in [1.807, 2.05) is 30.8 Å². The third-order valence-electron chi connectivity index (χ3n) is 3.30. The minimum absolute atomic E-state index is 0.0545. The molecule has 2 rings (SSSR count). The van der Waals surface area contributed by atoms with Gasteiger partial charge in [0, 0.05) is 25.7 Å². The van der Waals surface area contributed by atoms with Gasteiger partial charge in [-0.15, -0.1) is 0 Å². The van der Waals surface area contributed by atoms with Crippen LogP contribution >= 0.6 is 0 Å². The molecule has 7 heteroatoms. The maximum atomic E-state index is 14.0. The fourth-order valence-electron chi connectivity index (χ4n) is 2.55. The van der Waals surface area contributed by atoms with Crippen molar-refractivity contribution in [3.8, 4) is 0 Å². The topological polar surface area (TPSA) is 64.5 Å². The first-order chi connectivity index (χ1) is 9.51. The highest BCUT2D eigenvalue weighted by atomic mass is 19.1. The number of hydrogen-bond donors (Lipinski definition) is 2. The first kappa shape index (κ1) is 14.9. The molecule has 0 radical (unpaired) electrons. The monoisotopic (exact) mass is 283 g/mol. The van der Waals surface area contributed by atoms with E-state index >= 15 is 0 Å². The van der Waals surface area contributed by atoms with Gasteiger partial charge in [0.2, 0.25) is 5.95 Å². The second-order valence-electron chi connectivity index (χ2n) is 5.35. The van der Waals surface area contributed by atoms with Crippen LogP contribution in [0.4, 0.5) is 16.2 Å². The van der Waals surface area contributed by atoms with E-state index in [0.717, 1.165) is 6.54 Å². The summed E-state index contributed by atoms with van der Waals surface area (Å²) in [6.45, 7) is 3.75. The van der Waals surface area contributed by atoms with Crippen molar-refractivity contribution in [2.24, 2.45) is 0 Å². The summed E-state index contributed by atoms with van der Waals surface area (Å²) in [5.41, 5.74) is 0. The number of anilines is 2. The lowest BCUT2D eigenvalue weighted by Crippen LogP contribution is -2.38. The van der Waals surface area contributed by atoms with E-state index in [1.54, 1.807) is 0 Å². The van der Waals surface area contributed by atoms with Gasteiger partial charge in [-0.1, -0.05) is 0 Å². The molecule has 1 saturated heterocycles. The first-order valence-electron chi connectivity index (χ1n) is 6.87. The molecule has 0 spiro atoms. The maximum Gasteiger partial charge on any atom is 0.224 e. The van der Waals surface area contributed by atoms with Crippen LogP contribution in [0.5, 0.6) is 0 Å². The van der Waals surface area contributed by atoms with E-state index in [1.165, 1.54) is 6.20 Å². The Morgan fingerprint density at radius 1 is 1.55 bits per heavy atom. The van der Waals surface area contributed by atoms with Crippen molar-refractivity contribution in [3.63, 3.8) is 0 Å². The summed E-state index contributed by atoms with van der Waals surface area (Å²) in [5.74, 6) is 0.220. The van der Waals surface area contributed by atoms with Gasteiger partial charge in [0.05, 0.1) is 12.3 Å². The SMILES string of the molecule is CCNc1ncc(F)c(N2CC(O)CC2CN(C)C)n1. The van der Waals surface area contributed by atoms with E-state index < -0.39 is 11.9 Å². The quantitative estimate of drug-likeness (QED) is 0.823. The molecule has 1 aromatic heterocycles. The summed E-state index contributed by atoms with van der Waals surface area (Å²) < 4.78 is 14.0. The zero-order valence-corrected chi connectivity index (χ0v) is 12.2. The van der Waals surface area contributed by atoms with Crippen molar-refractivity contribution in [1.82, 2.24) is 14.9 Å². The number of halogens is 1. The first-order valence-corrected chi connectivity index (χ1v) is 6.87. The number of aliphatic hydroxyl groups is 1. The van der Waals surface area contributed by atoms with Crippen molar-refractivity contribution in [1.29, 1.82) is 0 Å². The Balaban J connectivity index is 2.25. The van der Waals surface area contributed by atoms with Crippen LogP contribution in [0.25, 0.3) is 0 Å². The van der Waals surface area contributed by atoms with Crippen LogP contribution in [0, 0.1) is 5.82 Å². The second kappa shape index (κ2) is 6.32. The Morgan fingerprint density at radius 3 is 2.95 bits per heavy atom. The van der Waals surface area contributed by atoms with Gasteiger partial charge in [0.15, 0.2) is 11.6 Å². The molecule has 0 aliphatic carbocycles. The van der Waals surface area contributed by atoms with Crippen LogP contribution in [0.3, 0.4) is 0 Å². The summed E-state index contributed by atoms with van der Waals surface area (Å²) >= 11 is 0. The molecule has 0 amide bonds. The largest absolute Gasteiger partial charge is 0.391 e. The van der Waals surface area contributed by atoms with E-state index in [4.69, 9.17) is 0 Å². The zero-order chi connectivity index (χ0) is 14.7. The van der Waals surface area contributed by atoms with Gasteiger partial charge in [-0.05, 0) is 27.4 Å². The molecule has 2 atom stereocenters. The summed E-state index contributed by atoms with van der Waals surface area (Å²) in [7, 11) is 3.92. The summed E-state index contributed by atoms with van der Waals surface area (Å²) in [5, 5.41) is 12.8. The molecular formula is C13H22FN5O. The van der Waals surface area contributed by atoms with Crippen LogP contribution in [0.2, 0.25) is 0 Å². The van der Waals surface area contributed by atoms with Crippen molar-refractivity contribution in [2.75, 3.05) is 43.9 Å². The lowest BCUT2D eigenvalue weighted by molar-refractivity contribution is 0.191. The van der Waals surface area contributed by atoms with Gasteiger partial charge >= 0.3 is 0 Å². The Bertz CT molecular complexity index is 456. The number of β-amino-alcohol motifs (C(OH)–C–C–N with tert-alkyl or cyclic N) is 1. The average molecular weight is 283 g/mol. The van der Waals surface area contributed by atoms with Gasteiger partial charge in [-0.3, -0.25) is 0 Å². The third-order valence-corrected chi connectivity index (χ3v) is 3.30.